The van der Waals surface area contributed by atoms with Crippen molar-refractivity contribution in [3.05, 3.63) is 0 Å². The molecule has 1 rings (SSSR count). The Morgan fingerprint density at radius 1 is 1.47 bits per heavy atom. The van der Waals surface area contributed by atoms with Gasteiger partial charge in [0.15, 0.2) is 0 Å². The van der Waals surface area contributed by atoms with Gasteiger partial charge in [-0.3, -0.25) is 4.79 Å². The van der Waals surface area contributed by atoms with E-state index in [1.54, 1.807) is 0 Å². The number of hydrogen-bond acceptors (Lipinski definition) is 2. The molecular formula is C12H24N2O. The van der Waals surface area contributed by atoms with Crippen molar-refractivity contribution in [2.24, 2.45) is 11.7 Å². The van der Waals surface area contributed by atoms with E-state index >= 15 is 0 Å². The van der Waals surface area contributed by atoms with Crippen LogP contribution in [0.25, 0.3) is 0 Å². The average Bonchev–Trinajstić information content (AvgIpc) is 3.00. The molecule has 0 aliphatic heterocycles. The SMILES string of the molecule is CCCCN(C(=O)C(C)C(C)N)C1CC1. The van der Waals surface area contributed by atoms with Gasteiger partial charge in [0, 0.05) is 18.6 Å². The molecule has 2 unspecified atom stereocenters. The van der Waals surface area contributed by atoms with Gasteiger partial charge in [-0.15, -0.1) is 0 Å². The van der Waals surface area contributed by atoms with Crippen LogP contribution in [0.2, 0.25) is 0 Å². The van der Waals surface area contributed by atoms with Crippen LogP contribution >= 0.6 is 0 Å². The largest absolute Gasteiger partial charge is 0.339 e. The molecule has 0 heterocycles. The summed E-state index contributed by atoms with van der Waals surface area (Å²) in [6.45, 7) is 6.92. The maximum atomic E-state index is 12.1. The van der Waals surface area contributed by atoms with Crippen molar-refractivity contribution >= 4 is 5.91 Å². The molecule has 1 aliphatic carbocycles. The molecule has 0 spiro atoms. The maximum absolute atomic E-state index is 12.1. The first kappa shape index (κ1) is 12.5. The van der Waals surface area contributed by atoms with Crippen molar-refractivity contribution in [2.75, 3.05) is 6.54 Å². The molecule has 0 aromatic heterocycles. The van der Waals surface area contributed by atoms with E-state index in [9.17, 15) is 4.79 Å². The molecular weight excluding hydrogens is 188 g/mol. The molecule has 2 atom stereocenters. The minimum atomic E-state index is -0.0413. The number of carbonyl (C=O) groups excluding carboxylic acids is 1. The fourth-order valence-corrected chi connectivity index (χ4v) is 1.67. The third-order valence-corrected chi connectivity index (χ3v) is 3.20. The number of nitrogens with zero attached hydrogens (tertiary/aromatic N) is 1. The first-order chi connectivity index (χ1) is 7.07. The van der Waals surface area contributed by atoms with Crippen molar-refractivity contribution < 1.29 is 4.79 Å². The number of amides is 1. The normalized spacial score (nSPS) is 19.7. The van der Waals surface area contributed by atoms with Crippen molar-refractivity contribution in [3.63, 3.8) is 0 Å². The molecule has 0 radical (unpaired) electrons. The number of unbranched alkanes of at least 4 members (excludes halogenated alkanes) is 1. The van der Waals surface area contributed by atoms with E-state index < -0.39 is 0 Å². The molecule has 1 amide bonds. The van der Waals surface area contributed by atoms with Crippen molar-refractivity contribution in [3.8, 4) is 0 Å². The Bertz CT molecular complexity index is 212. The monoisotopic (exact) mass is 212 g/mol. The van der Waals surface area contributed by atoms with Crippen LogP contribution in [0.1, 0.15) is 46.5 Å². The van der Waals surface area contributed by atoms with Crippen LogP contribution in [0, 0.1) is 5.92 Å². The molecule has 1 fully saturated rings. The number of nitrogens with two attached hydrogens (primary N) is 1. The van der Waals surface area contributed by atoms with Crippen LogP contribution in [-0.2, 0) is 4.79 Å². The predicted octanol–water partition coefficient (Wildman–Crippen LogP) is 1.76. The van der Waals surface area contributed by atoms with Crippen molar-refractivity contribution in [1.82, 2.24) is 4.90 Å². The highest BCUT2D eigenvalue weighted by molar-refractivity contribution is 5.79. The molecule has 0 saturated heterocycles. The minimum absolute atomic E-state index is 0.0394. The molecule has 1 aliphatic rings. The van der Waals surface area contributed by atoms with Gasteiger partial charge >= 0.3 is 0 Å². The molecule has 2 N–H and O–H groups in total. The molecule has 3 heteroatoms. The molecule has 0 bridgehead atoms. The lowest BCUT2D eigenvalue weighted by molar-refractivity contribution is -0.136. The van der Waals surface area contributed by atoms with E-state index in [4.69, 9.17) is 5.73 Å². The Labute approximate surface area is 93.0 Å². The summed E-state index contributed by atoms with van der Waals surface area (Å²) in [4.78, 5) is 14.2. The Balaban J connectivity index is 2.50. The summed E-state index contributed by atoms with van der Waals surface area (Å²) in [7, 11) is 0. The number of hydrogen-bond donors (Lipinski definition) is 1. The summed E-state index contributed by atoms with van der Waals surface area (Å²) in [5.74, 6) is 0.211. The van der Waals surface area contributed by atoms with Gasteiger partial charge in [0.1, 0.15) is 0 Å². The summed E-state index contributed by atoms with van der Waals surface area (Å²) < 4.78 is 0. The molecule has 0 aromatic rings. The molecule has 88 valence electrons. The highest BCUT2D eigenvalue weighted by Gasteiger charge is 2.34. The van der Waals surface area contributed by atoms with Crippen LogP contribution < -0.4 is 5.73 Å². The van der Waals surface area contributed by atoms with Crippen LogP contribution in [0.5, 0.6) is 0 Å². The Kier molecular flexibility index (Phi) is 4.58. The van der Waals surface area contributed by atoms with Gasteiger partial charge in [-0.05, 0) is 26.2 Å². The van der Waals surface area contributed by atoms with Crippen molar-refractivity contribution in [2.45, 2.75) is 58.5 Å². The van der Waals surface area contributed by atoms with Gasteiger partial charge in [-0.1, -0.05) is 20.3 Å². The van der Waals surface area contributed by atoms with Crippen LogP contribution in [0.4, 0.5) is 0 Å². The lowest BCUT2D eigenvalue weighted by atomic mass is 10.0. The van der Waals surface area contributed by atoms with Gasteiger partial charge in [-0.25, -0.2) is 0 Å². The van der Waals surface area contributed by atoms with Gasteiger partial charge in [0.2, 0.25) is 5.91 Å². The fourth-order valence-electron chi connectivity index (χ4n) is 1.67. The van der Waals surface area contributed by atoms with Crippen molar-refractivity contribution in [1.29, 1.82) is 0 Å². The van der Waals surface area contributed by atoms with Crippen LogP contribution in [0.3, 0.4) is 0 Å². The standard InChI is InChI=1S/C12H24N2O/c1-4-5-8-14(11-6-7-11)12(15)9(2)10(3)13/h9-11H,4-8,13H2,1-3H3. The predicted molar refractivity (Wildman–Crippen MR) is 62.5 cm³/mol. The quantitative estimate of drug-likeness (QED) is 0.729. The van der Waals surface area contributed by atoms with E-state index in [-0.39, 0.29) is 17.9 Å². The fraction of sp³-hybridized carbons (Fsp3) is 0.917. The van der Waals surface area contributed by atoms with E-state index in [2.05, 4.69) is 11.8 Å². The second-order valence-electron chi connectivity index (χ2n) is 4.76. The topological polar surface area (TPSA) is 46.3 Å². The summed E-state index contributed by atoms with van der Waals surface area (Å²) in [5, 5.41) is 0. The molecule has 0 aromatic carbocycles. The Morgan fingerprint density at radius 2 is 2.07 bits per heavy atom. The zero-order valence-electron chi connectivity index (χ0n) is 10.2. The summed E-state index contributed by atoms with van der Waals surface area (Å²) >= 11 is 0. The molecule has 15 heavy (non-hydrogen) atoms. The van der Waals surface area contributed by atoms with Crippen LogP contribution in [0.15, 0.2) is 0 Å². The lowest BCUT2D eigenvalue weighted by Crippen LogP contribution is -2.43. The highest BCUT2D eigenvalue weighted by atomic mass is 16.2. The van der Waals surface area contributed by atoms with Gasteiger partial charge < -0.3 is 10.6 Å². The summed E-state index contributed by atoms with van der Waals surface area (Å²) in [6, 6.07) is 0.477. The average molecular weight is 212 g/mol. The minimum Gasteiger partial charge on any atom is -0.339 e. The highest BCUT2D eigenvalue weighted by Crippen LogP contribution is 2.28. The Hall–Kier alpha value is -0.570. The molecule has 3 nitrogen and oxygen atoms in total. The first-order valence-corrected chi connectivity index (χ1v) is 6.14. The van der Waals surface area contributed by atoms with Gasteiger partial charge in [-0.2, -0.15) is 0 Å². The van der Waals surface area contributed by atoms with E-state index in [0.29, 0.717) is 6.04 Å². The second-order valence-corrected chi connectivity index (χ2v) is 4.76. The number of rotatable bonds is 6. The van der Waals surface area contributed by atoms with E-state index in [1.807, 2.05) is 13.8 Å². The molecule has 1 saturated carbocycles. The third kappa shape index (κ3) is 3.49. The zero-order chi connectivity index (χ0) is 11.4. The van der Waals surface area contributed by atoms with E-state index in [1.165, 1.54) is 12.8 Å². The van der Waals surface area contributed by atoms with Crippen LogP contribution in [-0.4, -0.2) is 29.4 Å². The zero-order valence-corrected chi connectivity index (χ0v) is 10.2. The second kappa shape index (κ2) is 5.50. The smallest absolute Gasteiger partial charge is 0.227 e. The maximum Gasteiger partial charge on any atom is 0.227 e. The summed E-state index contributed by atoms with van der Waals surface area (Å²) in [5.41, 5.74) is 5.78. The lowest BCUT2D eigenvalue weighted by Gasteiger charge is -2.27. The number of carbonyl (C=O) groups is 1. The third-order valence-electron chi connectivity index (χ3n) is 3.20. The van der Waals surface area contributed by atoms with Gasteiger partial charge in [0.25, 0.3) is 0 Å². The van der Waals surface area contributed by atoms with Gasteiger partial charge in [0.05, 0.1) is 5.92 Å². The summed E-state index contributed by atoms with van der Waals surface area (Å²) in [6.07, 6.45) is 4.61. The van der Waals surface area contributed by atoms with E-state index in [0.717, 1.165) is 19.4 Å². The first-order valence-electron chi connectivity index (χ1n) is 6.14. The Morgan fingerprint density at radius 3 is 2.47 bits per heavy atom.